The third kappa shape index (κ3) is 4.23. The highest BCUT2D eigenvalue weighted by Gasteiger charge is 2.36. The molecule has 2 aromatic heterocycles. The van der Waals surface area contributed by atoms with Crippen LogP contribution in [0.3, 0.4) is 0 Å². The van der Waals surface area contributed by atoms with Gasteiger partial charge in [-0.3, -0.25) is 4.79 Å². The number of esters is 1. The zero-order valence-electron chi connectivity index (χ0n) is 17.2. The second-order valence-corrected chi connectivity index (χ2v) is 7.16. The Bertz CT molecular complexity index is 1150. The Kier molecular flexibility index (Phi) is 5.72. The molecule has 1 amide bonds. The Balaban J connectivity index is 1.46. The molecule has 168 valence electrons. The molecule has 0 aliphatic carbocycles. The van der Waals surface area contributed by atoms with Crippen LogP contribution < -0.4 is 4.90 Å². The molecule has 8 nitrogen and oxygen atoms in total. The van der Waals surface area contributed by atoms with Crippen LogP contribution in [-0.4, -0.2) is 64.2 Å². The fourth-order valence-corrected chi connectivity index (χ4v) is 3.57. The van der Waals surface area contributed by atoms with Crippen molar-refractivity contribution in [2.45, 2.75) is 13.1 Å². The van der Waals surface area contributed by atoms with E-state index in [4.69, 9.17) is 4.74 Å². The Morgan fingerprint density at radius 1 is 1.06 bits per heavy atom. The lowest BCUT2D eigenvalue weighted by Crippen LogP contribution is -2.49. The van der Waals surface area contributed by atoms with Crippen LogP contribution in [0.15, 0.2) is 42.6 Å². The number of carbonyl (C=O) groups excluding carboxylic acids is 2. The zero-order valence-corrected chi connectivity index (χ0v) is 17.2. The van der Waals surface area contributed by atoms with Gasteiger partial charge in [-0.1, -0.05) is 12.1 Å². The number of alkyl halides is 3. The largest absolute Gasteiger partial charge is 0.461 e. The number of amides is 1. The quantitative estimate of drug-likeness (QED) is 0.573. The van der Waals surface area contributed by atoms with Crippen molar-refractivity contribution in [1.82, 2.24) is 19.5 Å². The van der Waals surface area contributed by atoms with Gasteiger partial charge in [0.15, 0.2) is 11.3 Å². The van der Waals surface area contributed by atoms with Crippen LogP contribution in [0.25, 0.3) is 5.65 Å². The van der Waals surface area contributed by atoms with Gasteiger partial charge in [0.05, 0.1) is 23.9 Å². The van der Waals surface area contributed by atoms with Crippen LogP contribution in [0, 0.1) is 0 Å². The van der Waals surface area contributed by atoms with E-state index in [9.17, 15) is 22.8 Å². The first-order valence-corrected chi connectivity index (χ1v) is 10.0. The SMILES string of the molecule is CCOC(=O)c1cn2nc(N3CCN(C(=O)c4ccccc4C(F)(F)F)CC3)ccc2n1. The Hall–Kier alpha value is -3.63. The average molecular weight is 447 g/mol. The first-order chi connectivity index (χ1) is 15.3. The second kappa shape index (κ2) is 8.48. The van der Waals surface area contributed by atoms with Crippen LogP contribution in [0.4, 0.5) is 19.0 Å². The standard InChI is InChI=1S/C21H20F3N5O3/c1-2-32-20(31)16-13-29-17(25-16)7-8-18(26-29)27-9-11-28(12-10-27)19(30)14-5-3-4-6-15(14)21(22,23)24/h3-8,13H,2,9-12H2,1H3. The summed E-state index contributed by atoms with van der Waals surface area (Å²) in [5, 5.41) is 4.46. The number of carbonyl (C=O) groups is 2. The number of nitrogens with zero attached hydrogens (tertiary/aromatic N) is 5. The molecule has 1 aliphatic rings. The molecule has 0 bridgehead atoms. The van der Waals surface area contributed by atoms with E-state index in [-0.39, 0.29) is 31.0 Å². The third-order valence-corrected chi connectivity index (χ3v) is 5.14. The van der Waals surface area contributed by atoms with Gasteiger partial charge in [-0.2, -0.15) is 13.2 Å². The number of piperazine rings is 1. The number of fused-ring (bicyclic) bond motifs is 1. The molecule has 1 fully saturated rings. The van der Waals surface area contributed by atoms with Gasteiger partial charge in [0.25, 0.3) is 5.91 Å². The minimum absolute atomic E-state index is 0.148. The van der Waals surface area contributed by atoms with Gasteiger partial charge in [-0.05, 0) is 31.2 Å². The normalized spacial score (nSPS) is 14.6. The smallest absolute Gasteiger partial charge is 0.417 e. The van der Waals surface area contributed by atoms with Gasteiger partial charge in [-0.25, -0.2) is 14.3 Å². The van der Waals surface area contributed by atoms with Gasteiger partial charge >= 0.3 is 12.1 Å². The lowest BCUT2D eigenvalue weighted by Gasteiger charge is -2.35. The van der Waals surface area contributed by atoms with Crippen molar-refractivity contribution < 1.29 is 27.5 Å². The number of hydrogen-bond acceptors (Lipinski definition) is 6. The lowest BCUT2D eigenvalue weighted by molar-refractivity contribution is -0.138. The Labute approximate surface area is 181 Å². The number of anilines is 1. The molecule has 0 radical (unpaired) electrons. The van der Waals surface area contributed by atoms with Crippen LogP contribution in [0.1, 0.15) is 33.3 Å². The lowest BCUT2D eigenvalue weighted by atomic mass is 10.1. The van der Waals surface area contributed by atoms with Crippen molar-refractivity contribution in [1.29, 1.82) is 0 Å². The maximum atomic E-state index is 13.3. The van der Waals surface area contributed by atoms with Crippen LogP contribution in [-0.2, 0) is 10.9 Å². The highest BCUT2D eigenvalue weighted by molar-refractivity contribution is 5.96. The zero-order chi connectivity index (χ0) is 22.9. The number of imidazole rings is 1. The maximum absolute atomic E-state index is 13.3. The molecule has 3 heterocycles. The van der Waals surface area contributed by atoms with E-state index in [1.807, 2.05) is 4.90 Å². The highest BCUT2D eigenvalue weighted by atomic mass is 19.4. The van der Waals surface area contributed by atoms with Gasteiger partial charge in [-0.15, -0.1) is 5.10 Å². The average Bonchev–Trinajstić information content (AvgIpc) is 3.22. The molecule has 0 atom stereocenters. The number of benzene rings is 1. The number of ether oxygens (including phenoxy) is 1. The minimum Gasteiger partial charge on any atom is -0.461 e. The van der Waals surface area contributed by atoms with E-state index in [2.05, 4.69) is 10.1 Å². The number of aromatic nitrogens is 3. The molecule has 0 spiro atoms. The molecule has 3 aromatic rings. The summed E-state index contributed by atoms with van der Waals surface area (Å²) < 4.78 is 46.2. The number of rotatable bonds is 4. The summed E-state index contributed by atoms with van der Waals surface area (Å²) in [7, 11) is 0. The van der Waals surface area contributed by atoms with E-state index in [0.29, 0.717) is 24.6 Å². The molecule has 4 rings (SSSR count). The van der Waals surface area contributed by atoms with Gasteiger partial charge < -0.3 is 14.5 Å². The molecule has 1 aromatic carbocycles. The number of halogens is 3. The predicted octanol–water partition coefficient (Wildman–Crippen LogP) is 2.89. The fraction of sp³-hybridized carbons (Fsp3) is 0.333. The Morgan fingerprint density at radius 3 is 2.47 bits per heavy atom. The molecule has 11 heteroatoms. The second-order valence-electron chi connectivity index (χ2n) is 7.16. The summed E-state index contributed by atoms with van der Waals surface area (Å²) in [4.78, 5) is 32.1. The molecule has 1 aliphatic heterocycles. The van der Waals surface area contributed by atoms with Crippen LogP contribution >= 0.6 is 0 Å². The van der Waals surface area contributed by atoms with Crippen molar-refractivity contribution in [2.75, 3.05) is 37.7 Å². The molecule has 0 unspecified atom stereocenters. The van der Waals surface area contributed by atoms with Crippen molar-refractivity contribution >= 4 is 23.3 Å². The van der Waals surface area contributed by atoms with E-state index in [1.54, 1.807) is 19.1 Å². The first-order valence-electron chi connectivity index (χ1n) is 10.0. The number of hydrogen-bond donors (Lipinski definition) is 0. The third-order valence-electron chi connectivity index (χ3n) is 5.14. The maximum Gasteiger partial charge on any atom is 0.417 e. The summed E-state index contributed by atoms with van der Waals surface area (Å²) in [5.41, 5.74) is -0.653. The Morgan fingerprint density at radius 2 is 1.78 bits per heavy atom. The van der Waals surface area contributed by atoms with Crippen molar-refractivity contribution in [2.24, 2.45) is 0 Å². The monoisotopic (exact) mass is 447 g/mol. The fourth-order valence-electron chi connectivity index (χ4n) is 3.57. The molecule has 0 saturated carbocycles. The molecule has 0 N–H and O–H groups in total. The molecular formula is C21H20F3N5O3. The first kappa shape index (κ1) is 21.6. The highest BCUT2D eigenvalue weighted by Crippen LogP contribution is 2.32. The summed E-state index contributed by atoms with van der Waals surface area (Å²) in [6.45, 7) is 3.25. The van der Waals surface area contributed by atoms with Gasteiger partial charge in [0.1, 0.15) is 5.82 Å². The molecule has 1 saturated heterocycles. The van der Waals surface area contributed by atoms with E-state index >= 15 is 0 Å². The van der Waals surface area contributed by atoms with Crippen molar-refractivity contribution in [3.8, 4) is 0 Å². The topological polar surface area (TPSA) is 80.0 Å². The molecular weight excluding hydrogens is 427 g/mol. The minimum atomic E-state index is -4.60. The van der Waals surface area contributed by atoms with Crippen LogP contribution in [0.5, 0.6) is 0 Å². The van der Waals surface area contributed by atoms with Crippen molar-refractivity contribution in [3.05, 3.63) is 59.4 Å². The van der Waals surface area contributed by atoms with Crippen LogP contribution in [0.2, 0.25) is 0 Å². The summed E-state index contributed by atoms with van der Waals surface area (Å²) in [5.74, 6) is -0.575. The predicted molar refractivity (Wildman–Crippen MR) is 109 cm³/mol. The van der Waals surface area contributed by atoms with Gasteiger partial charge in [0.2, 0.25) is 0 Å². The molecule has 32 heavy (non-hydrogen) atoms. The van der Waals surface area contributed by atoms with Gasteiger partial charge in [0, 0.05) is 26.2 Å². The van der Waals surface area contributed by atoms with Crippen molar-refractivity contribution in [3.63, 3.8) is 0 Å². The van der Waals surface area contributed by atoms with E-state index < -0.39 is 23.6 Å². The summed E-state index contributed by atoms with van der Waals surface area (Å²) in [6, 6.07) is 8.26. The summed E-state index contributed by atoms with van der Waals surface area (Å²) in [6.07, 6.45) is -3.12. The summed E-state index contributed by atoms with van der Waals surface area (Å²) >= 11 is 0. The van der Waals surface area contributed by atoms with E-state index in [1.165, 1.54) is 33.8 Å². The van der Waals surface area contributed by atoms with E-state index in [0.717, 1.165) is 6.07 Å².